The monoisotopic (exact) mass is 214 g/mol. The lowest BCUT2D eigenvalue weighted by Gasteiger charge is -1.99. The zero-order valence-corrected chi connectivity index (χ0v) is 8.80. The summed E-state index contributed by atoms with van der Waals surface area (Å²) in [5.74, 6) is 5.78. The van der Waals surface area contributed by atoms with Crippen LogP contribution in [0.15, 0.2) is 30.5 Å². The van der Waals surface area contributed by atoms with Gasteiger partial charge in [0, 0.05) is 29.2 Å². The zero-order chi connectivity index (χ0) is 11.5. The van der Waals surface area contributed by atoms with Crippen molar-refractivity contribution in [1.29, 1.82) is 0 Å². The number of nitro groups is 1. The molecule has 0 spiro atoms. The van der Waals surface area contributed by atoms with Crippen molar-refractivity contribution in [3.05, 3.63) is 40.6 Å². The van der Waals surface area contributed by atoms with Crippen LogP contribution in [0.2, 0.25) is 0 Å². The van der Waals surface area contributed by atoms with Gasteiger partial charge in [0.2, 0.25) is 0 Å². The Morgan fingerprint density at radius 3 is 2.94 bits per heavy atom. The van der Waals surface area contributed by atoms with Gasteiger partial charge in [-0.05, 0) is 19.1 Å². The van der Waals surface area contributed by atoms with Crippen molar-refractivity contribution in [2.24, 2.45) is 0 Å². The van der Waals surface area contributed by atoms with E-state index in [0.29, 0.717) is 6.54 Å². The van der Waals surface area contributed by atoms with Crippen LogP contribution in [0.25, 0.3) is 10.9 Å². The molecule has 0 N–H and O–H groups in total. The van der Waals surface area contributed by atoms with E-state index < -0.39 is 0 Å². The maximum absolute atomic E-state index is 10.6. The van der Waals surface area contributed by atoms with Gasteiger partial charge in [-0.15, -0.1) is 5.92 Å². The average Bonchev–Trinajstić information content (AvgIpc) is 2.68. The standard InChI is InChI=1S/C12H10N2O2/c1-2-3-7-13-8-6-10-9-11(14(15)16)4-5-12(10)13/h4-6,8-9H,7H2,1H3. The topological polar surface area (TPSA) is 48.1 Å². The van der Waals surface area contributed by atoms with Crippen molar-refractivity contribution in [2.45, 2.75) is 13.5 Å². The van der Waals surface area contributed by atoms with Gasteiger partial charge in [-0.25, -0.2) is 0 Å². The fourth-order valence-electron chi connectivity index (χ4n) is 1.60. The molecule has 0 saturated heterocycles. The average molecular weight is 214 g/mol. The van der Waals surface area contributed by atoms with Gasteiger partial charge < -0.3 is 4.57 Å². The Hall–Kier alpha value is -2.28. The molecular formula is C12H10N2O2. The van der Waals surface area contributed by atoms with Crippen LogP contribution in [0.5, 0.6) is 0 Å². The van der Waals surface area contributed by atoms with Crippen LogP contribution < -0.4 is 0 Å². The molecule has 2 rings (SSSR count). The van der Waals surface area contributed by atoms with Crippen molar-refractivity contribution < 1.29 is 4.92 Å². The highest BCUT2D eigenvalue weighted by molar-refractivity contribution is 5.82. The summed E-state index contributed by atoms with van der Waals surface area (Å²) >= 11 is 0. The molecule has 0 radical (unpaired) electrons. The number of rotatable bonds is 2. The maximum atomic E-state index is 10.6. The summed E-state index contributed by atoms with van der Waals surface area (Å²) in [4.78, 5) is 10.2. The molecule has 16 heavy (non-hydrogen) atoms. The van der Waals surface area contributed by atoms with E-state index in [1.807, 2.05) is 16.8 Å². The Balaban J connectivity index is 2.48. The lowest BCUT2D eigenvalue weighted by atomic mass is 10.2. The van der Waals surface area contributed by atoms with Crippen LogP contribution in [0.4, 0.5) is 5.69 Å². The van der Waals surface area contributed by atoms with Gasteiger partial charge in [-0.3, -0.25) is 10.1 Å². The highest BCUT2D eigenvalue weighted by Crippen LogP contribution is 2.21. The summed E-state index contributed by atoms with van der Waals surface area (Å²) in [5.41, 5.74) is 1.08. The molecule has 0 bridgehead atoms. The first-order chi connectivity index (χ1) is 7.72. The van der Waals surface area contributed by atoms with E-state index in [-0.39, 0.29) is 10.6 Å². The fraction of sp³-hybridized carbons (Fsp3) is 0.167. The minimum Gasteiger partial charge on any atom is -0.336 e. The Kier molecular flexibility index (Phi) is 2.61. The van der Waals surface area contributed by atoms with Crippen molar-refractivity contribution in [3.63, 3.8) is 0 Å². The lowest BCUT2D eigenvalue weighted by Crippen LogP contribution is -1.93. The van der Waals surface area contributed by atoms with E-state index in [9.17, 15) is 10.1 Å². The molecule has 0 amide bonds. The Morgan fingerprint density at radius 1 is 1.44 bits per heavy atom. The summed E-state index contributed by atoms with van der Waals surface area (Å²) in [6, 6.07) is 6.70. The minimum absolute atomic E-state index is 0.117. The summed E-state index contributed by atoms with van der Waals surface area (Å²) < 4.78 is 1.97. The quantitative estimate of drug-likeness (QED) is 0.438. The number of benzene rings is 1. The van der Waals surface area contributed by atoms with E-state index in [0.717, 1.165) is 10.9 Å². The normalized spacial score (nSPS) is 9.81. The van der Waals surface area contributed by atoms with E-state index in [2.05, 4.69) is 11.8 Å². The van der Waals surface area contributed by atoms with Crippen molar-refractivity contribution in [2.75, 3.05) is 0 Å². The lowest BCUT2D eigenvalue weighted by molar-refractivity contribution is -0.384. The van der Waals surface area contributed by atoms with Gasteiger partial charge in [0.25, 0.3) is 5.69 Å². The Labute approximate surface area is 92.6 Å². The number of hydrogen-bond donors (Lipinski definition) is 0. The molecule has 0 atom stereocenters. The van der Waals surface area contributed by atoms with E-state index in [1.54, 1.807) is 19.1 Å². The van der Waals surface area contributed by atoms with Crippen LogP contribution in [0, 0.1) is 22.0 Å². The molecule has 1 heterocycles. The van der Waals surface area contributed by atoms with Gasteiger partial charge >= 0.3 is 0 Å². The highest BCUT2D eigenvalue weighted by Gasteiger charge is 2.07. The van der Waals surface area contributed by atoms with E-state index >= 15 is 0 Å². The van der Waals surface area contributed by atoms with Crippen molar-refractivity contribution >= 4 is 16.6 Å². The Morgan fingerprint density at radius 2 is 2.25 bits per heavy atom. The highest BCUT2D eigenvalue weighted by atomic mass is 16.6. The maximum Gasteiger partial charge on any atom is 0.270 e. The van der Waals surface area contributed by atoms with Crippen LogP contribution in [-0.4, -0.2) is 9.49 Å². The number of fused-ring (bicyclic) bond motifs is 1. The summed E-state index contributed by atoms with van der Waals surface area (Å²) in [5, 5.41) is 11.5. The number of hydrogen-bond acceptors (Lipinski definition) is 2. The third kappa shape index (κ3) is 1.75. The smallest absolute Gasteiger partial charge is 0.270 e. The second kappa shape index (κ2) is 4.07. The molecule has 2 aromatic rings. The first-order valence-corrected chi connectivity index (χ1v) is 4.85. The van der Waals surface area contributed by atoms with Crippen LogP contribution in [-0.2, 0) is 6.54 Å². The predicted octanol–water partition coefficient (Wildman–Crippen LogP) is 2.57. The number of nitrogens with zero attached hydrogens (tertiary/aromatic N) is 2. The van der Waals surface area contributed by atoms with Gasteiger partial charge in [0.05, 0.1) is 11.5 Å². The van der Waals surface area contributed by atoms with Gasteiger partial charge in [0.1, 0.15) is 0 Å². The van der Waals surface area contributed by atoms with Crippen molar-refractivity contribution in [3.8, 4) is 11.8 Å². The molecular weight excluding hydrogens is 204 g/mol. The van der Waals surface area contributed by atoms with Crippen molar-refractivity contribution in [1.82, 2.24) is 4.57 Å². The molecule has 0 fully saturated rings. The molecule has 1 aromatic heterocycles. The summed E-state index contributed by atoms with van der Waals surface area (Å²) in [7, 11) is 0. The summed E-state index contributed by atoms with van der Waals surface area (Å²) in [6.07, 6.45) is 1.89. The number of nitro benzene ring substituents is 1. The molecule has 1 aromatic carbocycles. The third-order valence-corrected chi connectivity index (χ3v) is 2.39. The van der Waals surface area contributed by atoms with Gasteiger partial charge in [-0.2, -0.15) is 0 Å². The fourth-order valence-corrected chi connectivity index (χ4v) is 1.60. The molecule has 4 heteroatoms. The first-order valence-electron chi connectivity index (χ1n) is 4.85. The molecule has 80 valence electrons. The molecule has 0 saturated carbocycles. The molecule has 0 aliphatic heterocycles. The van der Waals surface area contributed by atoms with Gasteiger partial charge in [0.15, 0.2) is 0 Å². The van der Waals surface area contributed by atoms with Crippen LogP contribution in [0.3, 0.4) is 0 Å². The van der Waals surface area contributed by atoms with Crippen LogP contribution in [0.1, 0.15) is 6.92 Å². The third-order valence-electron chi connectivity index (χ3n) is 2.39. The second-order valence-electron chi connectivity index (χ2n) is 3.37. The largest absolute Gasteiger partial charge is 0.336 e. The van der Waals surface area contributed by atoms with E-state index in [4.69, 9.17) is 0 Å². The molecule has 0 aliphatic carbocycles. The second-order valence-corrected chi connectivity index (χ2v) is 3.37. The minimum atomic E-state index is -0.386. The molecule has 0 aliphatic rings. The number of non-ortho nitro benzene ring substituents is 1. The molecule has 0 unspecified atom stereocenters. The zero-order valence-electron chi connectivity index (χ0n) is 8.80. The first kappa shape index (κ1) is 10.2. The summed E-state index contributed by atoms with van der Waals surface area (Å²) in [6.45, 7) is 2.40. The van der Waals surface area contributed by atoms with Crippen LogP contribution >= 0.6 is 0 Å². The SMILES string of the molecule is CC#CCn1ccc2cc([N+](=O)[O-])ccc21. The van der Waals surface area contributed by atoms with Gasteiger partial charge in [-0.1, -0.05) is 5.92 Å². The number of aromatic nitrogens is 1. The Bertz CT molecular complexity index is 602. The molecule has 4 nitrogen and oxygen atoms in total. The van der Waals surface area contributed by atoms with E-state index in [1.165, 1.54) is 6.07 Å². The predicted molar refractivity (Wildman–Crippen MR) is 62.0 cm³/mol.